The van der Waals surface area contributed by atoms with Crippen molar-refractivity contribution in [2.75, 3.05) is 25.6 Å². The van der Waals surface area contributed by atoms with Crippen LogP contribution in [0.4, 0.5) is 0 Å². The highest BCUT2D eigenvalue weighted by atomic mass is 32.2. The lowest BCUT2D eigenvalue weighted by atomic mass is 10.1. The van der Waals surface area contributed by atoms with Crippen LogP contribution in [-0.4, -0.2) is 40.1 Å². The van der Waals surface area contributed by atoms with Crippen molar-refractivity contribution in [3.8, 4) is 5.75 Å². The Balaban J connectivity index is 2.29. The number of hydrogen-bond acceptors (Lipinski definition) is 6. The molecule has 1 atom stereocenters. The lowest BCUT2D eigenvalue weighted by Gasteiger charge is -2.17. The summed E-state index contributed by atoms with van der Waals surface area (Å²) in [5.74, 6) is 0.670. The molecule has 0 saturated heterocycles. The van der Waals surface area contributed by atoms with Gasteiger partial charge in [0.25, 0.3) is 10.1 Å². The van der Waals surface area contributed by atoms with E-state index in [0.29, 0.717) is 13.2 Å². The molecule has 0 aliphatic rings. The van der Waals surface area contributed by atoms with E-state index in [4.69, 9.17) is 14.4 Å². The lowest BCUT2D eigenvalue weighted by molar-refractivity contribution is -0.224. The van der Waals surface area contributed by atoms with Gasteiger partial charge in [0.15, 0.2) is 0 Å². The van der Waals surface area contributed by atoms with E-state index in [0.717, 1.165) is 25.0 Å². The molecule has 0 heterocycles. The van der Waals surface area contributed by atoms with Crippen LogP contribution in [0.2, 0.25) is 0 Å². The number of unbranched alkanes of at least 4 members (excludes halogenated alkanes) is 5. The van der Waals surface area contributed by atoms with Gasteiger partial charge in [-0.25, -0.2) is 4.89 Å². The number of hydrogen-bond donors (Lipinski definition) is 0. The second-order valence-corrected chi connectivity index (χ2v) is 8.24. The largest absolute Gasteiger partial charge is 0.491 e. The van der Waals surface area contributed by atoms with Gasteiger partial charge in [-0.15, -0.1) is 4.33 Å². The van der Waals surface area contributed by atoms with E-state index < -0.39 is 10.1 Å². The SMILES string of the molecule is CCCCCCCCC(COOS(=O)(=O)CC)OCCOc1ccccc1. The van der Waals surface area contributed by atoms with Crippen molar-refractivity contribution in [3.63, 3.8) is 0 Å². The summed E-state index contributed by atoms with van der Waals surface area (Å²) in [6, 6.07) is 9.54. The van der Waals surface area contributed by atoms with Crippen LogP contribution in [0.1, 0.15) is 58.8 Å². The van der Waals surface area contributed by atoms with E-state index in [2.05, 4.69) is 11.3 Å². The highest BCUT2D eigenvalue weighted by Gasteiger charge is 2.14. The molecule has 6 nitrogen and oxygen atoms in total. The molecule has 0 aliphatic carbocycles. The first-order chi connectivity index (χ1) is 13.1. The molecule has 0 amide bonds. The quantitative estimate of drug-likeness (QED) is 0.217. The average molecular weight is 403 g/mol. The Labute approximate surface area is 164 Å². The summed E-state index contributed by atoms with van der Waals surface area (Å²) in [6.07, 6.45) is 7.68. The topological polar surface area (TPSA) is 71.1 Å². The Hall–Kier alpha value is -1.15. The Kier molecular flexibility index (Phi) is 13.1. The molecule has 0 saturated carbocycles. The molecule has 0 bridgehead atoms. The van der Waals surface area contributed by atoms with Crippen LogP contribution in [0.25, 0.3) is 0 Å². The van der Waals surface area contributed by atoms with Crippen LogP contribution in [0.3, 0.4) is 0 Å². The van der Waals surface area contributed by atoms with Crippen molar-refractivity contribution in [3.05, 3.63) is 30.3 Å². The zero-order chi connectivity index (χ0) is 19.8. The first-order valence-corrected chi connectivity index (χ1v) is 11.5. The van der Waals surface area contributed by atoms with Crippen LogP contribution < -0.4 is 4.74 Å². The van der Waals surface area contributed by atoms with Gasteiger partial charge in [-0.05, 0) is 25.5 Å². The summed E-state index contributed by atoms with van der Waals surface area (Å²) in [5.41, 5.74) is 0. The number of para-hydroxylation sites is 1. The number of ether oxygens (including phenoxy) is 2. The minimum atomic E-state index is -3.61. The lowest BCUT2D eigenvalue weighted by Crippen LogP contribution is -2.24. The predicted octanol–water partition coefficient (Wildman–Crippen LogP) is 4.50. The van der Waals surface area contributed by atoms with Crippen molar-refractivity contribution in [2.24, 2.45) is 0 Å². The summed E-state index contributed by atoms with van der Waals surface area (Å²) < 4.78 is 38.6. The van der Waals surface area contributed by atoms with Crippen molar-refractivity contribution in [2.45, 2.75) is 64.9 Å². The van der Waals surface area contributed by atoms with Crippen molar-refractivity contribution in [1.82, 2.24) is 0 Å². The molecule has 0 spiro atoms. The maximum Gasteiger partial charge on any atom is 0.293 e. The first kappa shape index (κ1) is 23.9. The highest BCUT2D eigenvalue weighted by Crippen LogP contribution is 2.12. The van der Waals surface area contributed by atoms with Gasteiger partial charge < -0.3 is 9.47 Å². The summed E-state index contributed by atoms with van der Waals surface area (Å²) in [5, 5.41) is 0. The smallest absolute Gasteiger partial charge is 0.293 e. The third kappa shape index (κ3) is 12.8. The molecule has 7 heteroatoms. The molecule has 0 aromatic heterocycles. The van der Waals surface area contributed by atoms with Gasteiger partial charge in [-0.1, -0.05) is 63.6 Å². The number of benzene rings is 1. The Bertz CT molecular complexity index is 561. The summed E-state index contributed by atoms with van der Waals surface area (Å²) in [4.78, 5) is 4.91. The fourth-order valence-corrected chi connectivity index (χ4v) is 2.78. The van der Waals surface area contributed by atoms with E-state index in [1.165, 1.54) is 32.6 Å². The highest BCUT2D eigenvalue weighted by molar-refractivity contribution is 7.86. The van der Waals surface area contributed by atoms with Crippen LogP contribution in [0, 0.1) is 0 Å². The summed E-state index contributed by atoms with van der Waals surface area (Å²) in [7, 11) is -3.61. The first-order valence-electron chi connectivity index (χ1n) is 9.90. The maximum absolute atomic E-state index is 11.4. The van der Waals surface area contributed by atoms with Crippen LogP contribution >= 0.6 is 0 Å². The number of rotatable bonds is 17. The predicted molar refractivity (Wildman–Crippen MR) is 106 cm³/mol. The van der Waals surface area contributed by atoms with E-state index in [-0.39, 0.29) is 18.5 Å². The molecule has 0 radical (unpaired) electrons. The molecular weight excluding hydrogens is 368 g/mol. The maximum atomic E-state index is 11.4. The van der Waals surface area contributed by atoms with Gasteiger partial charge in [0.1, 0.15) is 19.0 Å². The van der Waals surface area contributed by atoms with E-state index >= 15 is 0 Å². The van der Waals surface area contributed by atoms with Gasteiger partial charge in [0.05, 0.1) is 18.5 Å². The molecule has 156 valence electrons. The molecule has 0 aliphatic heterocycles. The molecule has 0 N–H and O–H groups in total. The molecule has 1 aromatic rings. The Morgan fingerprint density at radius 3 is 2.33 bits per heavy atom. The van der Waals surface area contributed by atoms with Crippen LogP contribution in [-0.2, 0) is 24.1 Å². The molecule has 1 unspecified atom stereocenters. The van der Waals surface area contributed by atoms with E-state index in [1.807, 2.05) is 30.3 Å². The zero-order valence-electron chi connectivity index (χ0n) is 16.6. The molecular formula is C20H34O6S. The average Bonchev–Trinajstić information content (AvgIpc) is 2.68. The van der Waals surface area contributed by atoms with Crippen molar-refractivity contribution in [1.29, 1.82) is 0 Å². The minimum Gasteiger partial charge on any atom is -0.491 e. The summed E-state index contributed by atoms with van der Waals surface area (Å²) in [6.45, 7) is 4.61. The molecule has 1 aromatic carbocycles. The molecule has 27 heavy (non-hydrogen) atoms. The van der Waals surface area contributed by atoms with Crippen LogP contribution in [0.15, 0.2) is 30.3 Å². The molecule has 1 rings (SSSR count). The van der Waals surface area contributed by atoms with Crippen molar-refractivity contribution < 1.29 is 27.1 Å². The fourth-order valence-electron chi connectivity index (χ4n) is 2.48. The third-order valence-corrected chi connectivity index (χ3v) is 5.10. The standard InChI is InChI=1S/C20H34O6S/c1-3-5-6-7-8-10-15-20(18-25-26-27(21,22)4-2)24-17-16-23-19-13-11-9-12-14-19/h9,11-14,20H,3-8,10,15-18H2,1-2H3. The van der Waals surface area contributed by atoms with Crippen LogP contribution in [0.5, 0.6) is 5.75 Å². The second kappa shape index (κ2) is 14.9. The van der Waals surface area contributed by atoms with Gasteiger partial charge in [0.2, 0.25) is 0 Å². The van der Waals surface area contributed by atoms with Gasteiger partial charge in [-0.2, -0.15) is 8.42 Å². The Morgan fingerprint density at radius 2 is 1.63 bits per heavy atom. The van der Waals surface area contributed by atoms with E-state index in [9.17, 15) is 8.42 Å². The minimum absolute atomic E-state index is 0.0829. The normalized spacial score (nSPS) is 12.8. The van der Waals surface area contributed by atoms with E-state index in [1.54, 1.807) is 0 Å². The monoisotopic (exact) mass is 402 g/mol. The fraction of sp³-hybridized carbons (Fsp3) is 0.700. The van der Waals surface area contributed by atoms with Gasteiger partial charge in [0, 0.05) is 0 Å². The van der Waals surface area contributed by atoms with Crippen molar-refractivity contribution >= 4 is 10.1 Å². The molecule has 0 fully saturated rings. The second-order valence-electron chi connectivity index (χ2n) is 6.41. The Morgan fingerprint density at radius 1 is 0.926 bits per heavy atom. The van der Waals surface area contributed by atoms with Gasteiger partial charge in [-0.3, -0.25) is 0 Å². The summed E-state index contributed by atoms with van der Waals surface area (Å²) >= 11 is 0. The third-order valence-electron chi connectivity index (χ3n) is 4.09. The zero-order valence-corrected chi connectivity index (χ0v) is 17.4. The van der Waals surface area contributed by atoms with Gasteiger partial charge >= 0.3 is 0 Å².